The molecule has 0 aliphatic rings. The smallest absolute Gasteiger partial charge is 0.348 e. The van der Waals surface area contributed by atoms with Gasteiger partial charge in [-0.1, -0.05) is 39.8 Å². The van der Waals surface area contributed by atoms with E-state index in [0.717, 1.165) is 95.2 Å². The van der Waals surface area contributed by atoms with E-state index in [1.807, 2.05) is 47.6 Å². The lowest BCUT2D eigenvalue weighted by molar-refractivity contribution is 0.0597. The van der Waals surface area contributed by atoms with Crippen LogP contribution in [0.15, 0.2) is 171 Å². The molecule has 0 fully saturated rings. The second-order valence-corrected chi connectivity index (χ2v) is 28.9. The molecule has 8 aromatic heterocycles. The number of esters is 4. The van der Waals surface area contributed by atoms with Crippen molar-refractivity contribution in [3.63, 3.8) is 0 Å². The van der Waals surface area contributed by atoms with Crippen LogP contribution in [0.4, 0.5) is 46.0 Å². The van der Waals surface area contributed by atoms with Crippen LogP contribution in [-0.4, -0.2) is 136 Å². The first-order valence-corrected chi connectivity index (χ1v) is 39.0. The van der Waals surface area contributed by atoms with Crippen LogP contribution in [0.3, 0.4) is 0 Å². The van der Waals surface area contributed by atoms with E-state index < -0.39 is 41.8 Å². The molecular weight excluding hydrogens is 1560 g/mol. The van der Waals surface area contributed by atoms with Gasteiger partial charge in [-0.25, -0.2) is 78.2 Å². The van der Waals surface area contributed by atoms with Crippen molar-refractivity contribution in [2.45, 2.75) is 80.1 Å². The number of aromatic carboxylic acids is 4. The Morgan fingerprint density at radius 3 is 0.828 bits per heavy atom. The number of rotatable bonds is 28. The summed E-state index contributed by atoms with van der Waals surface area (Å²) in [6.45, 7) is 19.5. The van der Waals surface area contributed by atoms with Gasteiger partial charge in [-0.3, -0.25) is 0 Å². The summed E-state index contributed by atoms with van der Waals surface area (Å²) in [6, 6.07) is 39.7. The van der Waals surface area contributed by atoms with E-state index in [1.165, 1.54) is 110 Å². The van der Waals surface area contributed by atoms with Crippen LogP contribution < -0.4 is 21.3 Å². The summed E-state index contributed by atoms with van der Waals surface area (Å²) in [4.78, 5) is 133. The van der Waals surface area contributed by atoms with Crippen LogP contribution >= 0.6 is 45.3 Å². The van der Waals surface area contributed by atoms with Crippen molar-refractivity contribution in [3.05, 3.63) is 258 Å². The molecule has 32 heteroatoms. The summed E-state index contributed by atoms with van der Waals surface area (Å²) >= 11 is 5.07. The molecule has 0 radical (unpaired) electrons. The molecule has 8 N–H and O–H groups in total. The highest BCUT2D eigenvalue weighted by Crippen LogP contribution is 2.36. The highest BCUT2D eigenvalue weighted by atomic mass is 32.1. The molecule has 0 bridgehead atoms. The predicted octanol–water partition coefficient (Wildman–Crippen LogP) is 18.1. The van der Waals surface area contributed by atoms with Gasteiger partial charge < -0.3 is 60.6 Å². The van der Waals surface area contributed by atoms with Gasteiger partial charge in [0.05, 0.1) is 70.2 Å². The molecule has 12 aromatic rings. The zero-order valence-corrected chi connectivity index (χ0v) is 67.8. The molecule has 0 saturated heterocycles. The molecule has 0 amide bonds. The minimum absolute atomic E-state index is 0.204. The fourth-order valence-corrected chi connectivity index (χ4v) is 14.7. The standard InChI is InChI=1S/C22H21N3O4S.C21H19N3O4S.C21H21N3O4S.C20H19N3O4S/c1-4-6-15-16(5-2)24-20(17-11-12-18(30-17)22(28)29-3)25-19(15)23-14-9-7-13(8-10-14)21(26)27;1-4-5-15-12(2)22-19(16-10-11-17(29-16)21(27)28-3)24-18(15)23-14-8-6-13(7-9-14)20(25)26;1-4-14-15(5-2)23-19(16-10-11-17(29-16)21(27)28-3)24-18(14)22-13-8-6-12(7-9-13)20(25)26;1-4-14-11(2)21-18(15-9-10-16(28-15)20(26)27-3)23-17(14)22-13-7-5-12(6-8-13)19(24)25/h4,7-12H,1,5-6H2,2-3H3,(H,26,27)(H,23,24,25);4,6-11H,1,5H2,2-3H3,(H,25,26)(H,22,23,24);6-11H,4-5H2,1-3H3,(H,25,26)(H,22,23,24);5-10H,4H2,1-3H3,(H,24,25)(H,21,22,23). The third-order valence-electron chi connectivity index (χ3n) is 17.1. The maximum Gasteiger partial charge on any atom is 0.348 e. The quantitative estimate of drug-likeness (QED) is 0.0128. The first-order valence-electron chi connectivity index (χ1n) is 35.7. The third-order valence-corrected chi connectivity index (χ3v) is 21.4. The number of methoxy groups -OCH3 is 4. The van der Waals surface area contributed by atoms with E-state index in [4.69, 9.17) is 59.3 Å². The average molecular weight is 1640 g/mol. The van der Waals surface area contributed by atoms with Crippen molar-refractivity contribution in [1.82, 2.24) is 39.9 Å². The number of ether oxygens (including phenoxy) is 4. The zero-order valence-electron chi connectivity index (χ0n) is 64.6. The molecule has 0 aliphatic heterocycles. The molecule has 0 unspecified atom stereocenters. The van der Waals surface area contributed by atoms with E-state index in [1.54, 1.807) is 115 Å². The number of carbonyl (C=O) groups excluding carboxylic acids is 4. The molecule has 0 aliphatic carbocycles. The number of hydrogen-bond acceptors (Lipinski definition) is 28. The lowest BCUT2D eigenvalue weighted by Crippen LogP contribution is -2.07. The van der Waals surface area contributed by atoms with Gasteiger partial charge in [-0.05, 0) is 198 Å². The summed E-state index contributed by atoms with van der Waals surface area (Å²) in [7, 11) is 5.37. The van der Waals surface area contributed by atoms with Gasteiger partial charge in [0.15, 0.2) is 23.3 Å². The molecule has 0 saturated carbocycles. The van der Waals surface area contributed by atoms with Gasteiger partial charge in [0.2, 0.25) is 0 Å². The van der Waals surface area contributed by atoms with Crippen molar-refractivity contribution >= 4 is 139 Å². The number of carboxylic acids is 4. The van der Waals surface area contributed by atoms with Crippen LogP contribution in [-0.2, 0) is 57.5 Å². The maximum absolute atomic E-state index is 11.8. The SMILES string of the molecule is C=CCc1c(C)nc(-c2ccc(C(=O)OC)s2)nc1Nc1ccc(C(=O)O)cc1.C=CCc1c(CC)nc(-c2ccc(C(=O)OC)s2)nc1Nc1ccc(C(=O)O)cc1.CCc1c(C)nc(-c2ccc(C(=O)OC)s2)nc1Nc1ccc(C(=O)O)cc1.CCc1nc(-c2ccc(C(=O)OC)s2)nc(Nc2ccc(C(=O)O)cc2)c1CC. The predicted molar refractivity (Wildman–Crippen MR) is 448 cm³/mol. The summed E-state index contributed by atoms with van der Waals surface area (Å²) in [5, 5.41) is 49.3. The van der Waals surface area contributed by atoms with Crippen molar-refractivity contribution < 1.29 is 77.7 Å². The Kier molecular flexibility index (Phi) is 30.4. The fraction of sp³-hybridized carbons (Fsp3) is 0.190. The van der Waals surface area contributed by atoms with E-state index in [-0.39, 0.29) is 28.2 Å². The second kappa shape index (κ2) is 40.8. The zero-order chi connectivity index (χ0) is 83.9. The summed E-state index contributed by atoms with van der Waals surface area (Å²) in [5.41, 5.74) is 10.9. The number of aromatic nitrogens is 8. The van der Waals surface area contributed by atoms with Gasteiger partial charge in [0, 0.05) is 67.8 Å². The number of allylic oxidation sites excluding steroid dienone is 2. The number of carboxylic acid groups (broad SMARTS) is 4. The molecule has 0 atom stereocenters. The van der Waals surface area contributed by atoms with E-state index in [0.29, 0.717) is 96.7 Å². The highest BCUT2D eigenvalue weighted by molar-refractivity contribution is 7.18. The minimum atomic E-state index is -0.983. The number of thiophene rings is 4. The molecular formula is C84H80N12O16S4. The highest BCUT2D eigenvalue weighted by Gasteiger charge is 2.23. The Labute approximate surface area is 682 Å². The third kappa shape index (κ3) is 22.0. The van der Waals surface area contributed by atoms with Gasteiger partial charge in [0.1, 0.15) is 42.8 Å². The maximum atomic E-state index is 11.8. The molecule has 0 spiro atoms. The lowest BCUT2D eigenvalue weighted by atomic mass is 10.1. The summed E-state index contributed by atoms with van der Waals surface area (Å²) in [6.07, 6.45) is 7.62. The summed E-state index contributed by atoms with van der Waals surface area (Å²) in [5.74, 6) is -0.915. The number of nitrogens with one attached hydrogen (secondary N) is 4. The Morgan fingerprint density at radius 2 is 0.569 bits per heavy atom. The average Bonchev–Trinajstić information content (AvgIpc) is 1.39. The van der Waals surface area contributed by atoms with E-state index >= 15 is 0 Å². The molecule has 596 valence electrons. The van der Waals surface area contributed by atoms with Gasteiger partial charge in [0.25, 0.3) is 0 Å². The van der Waals surface area contributed by atoms with Crippen molar-refractivity contribution in [3.8, 4) is 42.8 Å². The molecule has 28 nitrogen and oxygen atoms in total. The Bertz CT molecular complexity index is 5610. The van der Waals surface area contributed by atoms with Gasteiger partial charge in [-0.15, -0.1) is 58.5 Å². The van der Waals surface area contributed by atoms with Crippen LogP contribution in [0.1, 0.15) is 153 Å². The fourth-order valence-electron chi connectivity index (χ4n) is 11.2. The van der Waals surface area contributed by atoms with Gasteiger partial charge >= 0.3 is 47.8 Å². The number of carbonyl (C=O) groups is 8. The van der Waals surface area contributed by atoms with Crippen molar-refractivity contribution in [2.75, 3.05) is 49.7 Å². The second-order valence-electron chi connectivity index (χ2n) is 24.6. The van der Waals surface area contributed by atoms with Crippen molar-refractivity contribution in [2.24, 2.45) is 0 Å². The number of benzene rings is 4. The van der Waals surface area contributed by atoms with Crippen molar-refractivity contribution in [1.29, 1.82) is 0 Å². The normalized spacial score (nSPS) is 10.5. The molecule has 8 heterocycles. The Hall–Kier alpha value is -13.6. The Balaban J connectivity index is 0.000000177. The minimum Gasteiger partial charge on any atom is -0.478 e. The molecule has 12 rings (SSSR count). The number of hydrogen-bond donors (Lipinski definition) is 8. The monoisotopic (exact) mass is 1640 g/mol. The van der Waals surface area contributed by atoms with Gasteiger partial charge in [-0.2, -0.15) is 0 Å². The van der Waals surface area contributed by atoms with E-state index in [2.05, 4.69) is 54.4 Å². The number of anilines is 8. The van der Waals surface area contributed by atoms with Crippen LogP contribution in [0.5, 0.6) is 0 Å². The molecule has 4 aromatic carbocycles. The van der Waals surface area contributed by atoms with Crippen LogP contribution in [0.2, 0.25) is 0 Å². The first kappa shape index (κ1) is 86.4. The number of nitrogens with zero attached hydrogens (tertiary/aromatic N) is 8. The van der Waals surface area contributed by atoms with Crippen LogP contribution in [0.25, 0.3) is 42.8 Å². The lowest BCUT2D eigenvalue weighted by Gasteiger charge is -2.15. The summed E-state index contributed by atoms with van der Waals surface area (Å²) < 4.78 is 19.1. The van der Waals surface area contributed by atoms with Crippen LogP contribution in [0, 0.1) is 13.8 Å². The topological polar surface area (TPSA) is 406 Å². The Morgan fingerprint density at radius 1 is 0.328 bits per heavy atom. The largest absolute Gasteiger partial charge is 0.478 e. The molecule has 116 heavy (non-hydrogen) atoms. The number of aryl methyl sites for hydroxylation is 4. The van der Waals surface area contributed by atoms with E-state index in [9.17, 15) is 38.4 Å². The first-order chi connectivity index (χ1) is 55.8.